The third-order valence-corrected chi connectivity index (χ3v) is 5.22. The van der Waals surface area contributed by atoms with Crippen molar-refractivity contribution in [2.45, 2.75) is 39.7 Å². The average Bonchev–Trinajstić information content (AvgIpc) is 3.09. The van der Waals surface area contributed by atoms with Crippen molar-refractivity contribution in [3.05, 3.63) is 62.7 Å². The van der Waals surface area contributed by atoms with Crippen molar-refractivity contribution in [2.75, 3.05) is 6.79 Å². The number of ether oxygens (including phenoxy) is 2. The zero-order chi connectivity index (χ0) is 20.7. The predicted molar refractivity (Wildman–Crippen MR) is 106 cm³/mol. The summed E-state index contributed by atoms with van der Waals surface area (Å²) in [4.78, 5) is 23.3. The molecule has 2 aromatic carbocycles. The highest BCUT2D eigenvalue weighted by Crippen LogP contribution is 2.38. The van der Waals surface area contributed by atoms with Gasteiger partial charge in [-0.05, 0) is 50.1 Å². The number of benzene rings is 2. The number of rotatable bonds is 3. The Hall–Kier alpha value is -3.42. The molecule has 0 saturated heterocycles. The van der Waals surface area contributed by atoms with Gasteiger partial charge in [0, 0.05) is 29.2 Å². The van der Waals surface area contributed by atoms with Gasteiger partial charge in [0.05, 0.1) is 16.7 Å². The molecule has 2 aliphatic rings. The Morgan fingerprint density at radius 1 is 1.28 bits per heavy atom. The lowest BCUT2D eigenvalue weighted by atomic mass is 9.93. The van der Waals surface area contributed by atoms with Gasteiger partial charge < -0.3 is 9.47 Å². The number of nitrogens with zero attached hydrogens (tertiary/aromatic N) is 3. The third-order valence-electron chi connectivity index (χ3n) is 5.22. The average molecular weight is 395 g/mol. The molecule has 4 rings (SSSR count). The van der Waals surface area contributed by atoms with Crippen LogP contribution in [0.25, 0.3) is 0 Å². The fraction of sp³-hybridized carbons (Fsp3) is 0.333. The molecular formula is C21H21N3O5. The first-order valence-electron chi connectivity index (χ1n) is 9.48. The molecule has 8 nitrogen and oxygen atoms in total. The molecule has 0 radical (unpaired) electrons. The second-order valence-electron chi connectivity index (χ2n) is 7.21. The van der Waals surface area contributed by atoms with Crippen LogP contribution in [0, 0.1) is 17.0 Å². The maximum absolute atomic E-state index is 12.5. The van der Waals surface area contributed by atoms with Crippen LogP contribution in [-0.2, 0) is 11.2 Å². The zero-order valence-electron chi connectivity index (χ0n) is 16.5. The maximum atomic E-state index is 12.5. The van der Waals surface area contributed by atoms with E-state index in [-0.39, 0.29) is 24.4 Å². The Balaban J connectivity index is 1.91. The van der Waals surface area contributed by atoms with Gasteiger partial charge in [-0.3, -0.25) is 14.9 Å². The Morgan fingerprint density at radius 3 is 2.66 bits per heavy atom. The molecule has 150 valence electrons. The molecule has 2 aromatic rings. The zero-order valence-corrected chi connectivity index (χ0v) is 16.5. The summed E-state index contributed by atoms with van der Waals surface area (Å²) in [5, 5.41) is 17.4. The van der Waals surface area contributed by atoms with Crippen LogP contribution in [0.1, 0.15) is 42.5 Å². The standard InChI is InChI=1S/C21H21N3O5/c1-4-20(25)23-13(3)8-15-9-18-19(29-11-28-18)10-16(15)21(22-23)14-5-6-17(24(26)27)12(2)7-14/h5-7,9-10,13H,4,8,11H2,1-3H3/t13-/m1/s1. The van der Waals surface area contributed by atoms with E-state index in [1.165, 1.54) is 11.1 Å². The fourth-order valence-electron chi connectivity index (χ4n) is 3.72. The molecule has 2 aliphatic heterocycles. The SMILES string of the molecule is CCC(=O)N1N=C(c2ccc([N+](=O)[O-])c(C)c2)c2cc3c(cc2C[C@H]1C)OCO3. The first kappa shape index (κ1) is 18.9. The van der Waals surface area contributed by atoms with Crippen molar-refractivity contribution in [2.24, 2.45) is 5.10 Å². The number of nitro benzene ring substituents is 1. The lowest BCUT2D eigenvalue weighted by Crippen LogP contribution is -2.34. The second-order valence-corrected chi connectivity index (χ2v) is 7.21. The van der Waals surface area contributed by atoms with Crippen molar-refractivity contribution in [3.63, 3.8) is 0 Å². The van der Waals surface area contributed by atoms with Gasteiger partial charge in [0.25, 0.3) is 5.69 Å². The highest BCUT2D eigenvalue weighted by molar-refractivity contribution is 6.14. The van der Waals surface area contributed by atoms with Gasteiger partial charge in [-0.2, -0.15) is 5.10 Å². The van der Waals surface area contributed by atoms with Crippen LogP contribution in [0.2, 0.25) is 0 Å². The molecule has 0 unspecified atom stereocenters. The molecule has 0 fully saturated rings. The molecule has 0 aromatic heterocycles. The quantitative estimate of drug-likeness (QED) is 0.585. The minimum Gasteiger partial charge on any atom is -0.454 e. The number of nitro groups is 1. The number of carbonyl (C=O) groups excluding carboxylic acids is 1. The second kappa shape index (κ2) is 7.20. The van der Waals surface area contributed by atoms with Gasteiger partial charge >= 0.3 is 0 Å². The maximum Gasteiger partial charge on any atom is 0.272 e. The lowest BCUT2D eigenvalue weighted by Gasteiger charge is -2.22. The Bertz CT molecular complexity index is 1050. The van der Waals surface area contributed by atoms with Crippen molar-refractivity contribution in [1.29, 1.82) is 0 Å². The van der Waals surface area contributed by atoms with Crippen LogP contribution < -0.4 is 9.47 Å². The van der Waals surface area contributed by atoms with E-state index in [1.807, 2.05) is 19.1 Å². The van der Waals surface area contributed by atoms with E-state index in [1.54, 1.807) is 26.0 Å². The fourth-order valence-corrected chi connectivity index (χ4v) is 3.72. The topological polar surface area (TPSA) is 94.3 Å². The van der Waals surface area contributed by atoms with E-state index in [4.69, 9.17) is 14.6 Å². The van der Waals surface area contributed by atoms with Gasteiger partial charge in [-0.15, -0.1) is 0 Å². The van der Waals surface area contributed by atoms with Crippen molar-refractivity contribution < 1.29 is 19.2 Å². The highest BCUT2D eigenvalue weighted by Gasteiger charge is 2.29. The Labute approximate surface area is 167 Å². The van der Waals surface area contributed by atoms with Gasteiger partial charge in [-0.1, -0.05) is 6.92 Å². The molecule has 0 spiro atoms. The van der Waals surface area contributed by atoms with Crippen LogP contribution in [-0.4, -0.2) is 34.4 Å². The largest absolute Gasteiger partial charge is 0.454 e. The van der Waals surface area contributed by atoms with Crippen LogP contribution in [0.5, 0.6) is 11.5 Å². The lowest BCUT2D eigenvalue weighted by molar-refractivity contribution is -0.385. The van der Waals surface area contributed by atoms with E-state index in [0.717, 1.165) is 11.1 Å². The summed E-state index contributed by atoms with van der Waals surface area (Å²) in [6, 6.07) is 8.54. The molecule has 8 heteroatoms. The highest BCUT2D eigenvalue weighted by atomic mass is 16.7. The molecule has 0 aliphatic carbocycles. The summed E-state index contributed by atoms with van der Waals surface area (Å²) >= 11 is 0. The summed E-state index contributed by atoms with van der Waals surface area (Å²) in [7, 11) is 0. The first-order chi connectivity index (χ1) is 13.9. The number of amides is 1. The number of aryl methyl sites for hydroxylation is 1. The van der Waals surface area contributed by atoms with Gasteiger partial charge in [0.2, 0.25) is 12.7 Å². The molecule has 2 heterocycles. The normalized spacial score (nSPS) is 17.4. The molecule has 29 heavy (non-hydrogen) atoms. The molecule has 1 amide bonds. The number of fused-ring (bicyclic) bond motifs is 2. The van der Waals surface area contributed by atoms with E-state index in [2.05, 4.69) is 0 Å². The van der Waals surface area contributed by atoms with Crippen molar-refractivity contribution in [3.8, 4) is 11.5 Å². The van der Waals surface area contributed by atoms with Crippen LogP contribution in [0.3, 0.4) is 0 Å². The molecule has 0 N–H and O–H groups in total. The number of hydrogen-bond acceptors (Lipinski definition) is 6. The van der Waals surface area contributed by atoms with Crippen LogP contribution in [0.4, 0.5) is 5.69 Å². The summed E-state index contributed by atoms with van der Waals surface area (Å²) in [6.07, 6.45) is 0.941. The number of hydrazone groups is 1. The minimum absolute atomic E-state index is 0.0451. The predicted octanol–water partition coefficient (Wildman–Crippen LogP) is 3.57. The number of hydrogen-bond donors (Lipinski definition) is 0. The van der Waals surface area contributed by atoms with E-state index >= 15 is 0 Å². The van der Waals surface area contributed by atoms with E-state index in [0.29, 0.717) is 41.2 Å². The van der Waals surface area contributed by atoms with Crippen LogP contribution >= 0.6 is 0 Å². The molecular weight excluding hydrogens is 374 g/mol. The molecule has 0 saturated carbocycles. The molecule has 1 atom stereocenters. The van der Waals surface area contributed by atoms with Gasteiger partial charge in [0.1, 0.15) is 0 Å². The third kappa shape index (κ3) is 3.30. The van der Waals surface area contributed by atoms with E-state index < -0.39 is 4.92 Å². The summed E-state index contributed by atoms with van der Waals surface area (Å²) in [5.74, 6) is 1.21. The van der Waals surface area contributed by atoms with Crippen molar-refractivity contribution in [1.82, 2.24) is 5.01 Å². The van der Waals surface area contributed by atoms with Gasteiger partial charge in [0.15, 0.2) is 11.5 Å². The first-order valence-corrected chi connectivity index (χ1v) is 9.48. The van der Waals surface area contributed by atoms with Crippen molar-refractivity contribution >= 4 is 17.3 Å². The summed E-state index contributed by atoms with van der Waals surface area (Å²) < 4.78 is 11.1. The smallest absolute Gasteiger partial charge is 0.272 e. The molecule has 0 bridgehead atoms. The van der Waals surface area contributed by atoms with Gasteiger partial charge in [-0.25, -0.2) is 5.01 Å². The monoisotopic (exact) mass is 395 g/mol. The summed E-state index contributed by atoms with van der Waals surface area (Å²) in [5.41, 5.74) is 3.69. The van der Waals surface area contributed by atoms with E-state index in [9.17, 15) is 14.9 Å². The Kier molecular flexibility index (Phi) is 4.70. The van der Waals surface area contributed by atoms with Crippen LogP contribution in [0.15, 0.2) is 35.4 Å². The summed E-state index contributed by atoms with van der Waals surface area (Å²) in [6.45, 7) is 5.61. The number of carbonyl (C=O) groups is 1. The minimum atomic E-state index is -0.408. The Morgan fingerprint density at radius 2 is 2.00 bits per heavy atom.